The maximum atomic E-state index is 6.09. The van der Waals surface area contributed by atoms with Crippen LogP contribution < -0.4 is 0 Å². The van der Waals surface area contributed by atoms with Gasteiger partial charge in [0.1, 0.15) is 0 Å². The second-order valence-corrected chi connectivity index (χ2v) is 7.32. The lowest BCUT2D eigenvalue weighted by Crippen LogP contribution is -2.39. The molecule has 4 heteroatoms. The van der Waals surface area contributed by atoms with Gasteiger partial charge in [0.15, 0.2) is 0 Å². The summed E-state index contributed by atoms with van der Waals surface area (Å²) in [6.07, 6.45) is 6.39. The third-order valence-electron chi connectivity index (χ3n) is 4.63. The van der Waals surface area contributed by atoms with Crippen molar-refractivity contribution in [1.29, 1.82) is 0 Å². The summed E-state index contributed by atoms with van der Waals surface area (Å²) < 4.78 is 6.09. The van der Waals surface area contributed by atoms with Gasteiger partial charge in [-0.2, -0.15) is 0 Å². The zero-order valence-corrected chi connectivity index (χ0v) is 14.5. The van der Waals surface area contributed by atoms with Crippen LogP contribution in [0, 0.1) is 0 Å². The van der Waals surface area contributed by atoms with E-state index in [0.717, 1.165) is 39.2 Å². The standard InChI is InChI=1S/C18H28N2OS/c1-22-18-7-4-6-16(12-18)13-20-10-5-11-21-17(15-20)14-19-8-2-3-9-19/h4,6-7,12,17H,2-3,5,8-11,13-15H2,1H3/t17-/m1/s1. The molecule has 22 heavy (non-hydrogen) atoms. The van der Waals surface area contributed by atoms with Crippen molar-refractivity contribution in [2.24, 2.45) is 0 Å². The molecule has 0 spiro atoms. The maximum Gasteiger partial charge on any atom is 0.0828 e. The van der Waals surface area contributed by atoms with Crippen LogP contribution in [0.5, 0.6) is 0 Å². The van der Waals surface area contributed by atoms with Gasteiger partial charge in [0.05, 0.1) is 6.10 Å². The van der Waals surface area contributed by atoms with E-state index in [1.807, 2.05) is 11.8 Å². The quantitative estimate of drug-likeness (QED) is 0.774. The van der Waals surface area contributed by atoms with Crippen molar-refractivity contribution in [3.05, 3.63) is 29.8 Å². The maximum absolute atomic E-state index is 6.09. The molecular weight excluding hydrogens is 292 g/mol. The summed E-state index contributed by atoms with van der Waals surface area (Å²) in [5.41, 5.74) is 1.42. The summed E-state index contributed by atoms with van der Waals surface area (Å²) in [4.78, 5) is 6.51. The molecular formula is C18H28N2OS. The highest BCUT2D eigenvalue weighted by Crippen LogP contribution is 2.19. The highest BCUT2D eigenvalue weighted by molar-refractivity contribution is 7.98. The number of hydrogen-bond acceptors (Lipinski definition) is 4. The first-order valence-electron chi connectivity index (χ1n) is 8.53. The van der Waals surface area contributed by atoms with Crippen molar-refractivity contribution in [3.8, 4) is 0 Å². The molecule has 0 unspecified atom stereocenters. The van der Waals surface area contributed by atoms with Gasteiger partial charge in [-0.05, 0) is 56.3 Å². The summed E-state index contributed by atoms with van der Waals surface area (Å²) in [5, 5.41) is 0. The lowest BCUT2D eigenvalue weighted by atomic mass is 10.2. The Labute approximate surface area is 139 Å². The van der Waals surface area contributed by atoms with E-state index in [1.165, 1.54) is 36.4 Å². The Morgan fingerprint density at radius 3 is 2.77 bits per heavy atom. The molecule has 1 aromatic carbocycles. The first kappa shape index (κ1) is 16.3. The van der Waals surface area contributed by atoms with Crippen molar-refractivity contribution in [1.82, 2.24) is 9.80 Å². The number of likely N-dealkylation sites (tertiary alicyclic amines) is 1. The molecule has 0 bridgehead atoms. The number of thioether (sulfide) groups is 1. The van der Waals surface area contributed by atoms with Gasteiger partial charge in [-0.3, -0.25) is 4.90 Å². The highest BCUT2D eigenvalue weighted by atomic mass is 32.2. The van der Waals surface area contributed by atoms with E-state index in [0.29, 0.717) is 6.10 Å². The molecule has 2 aliphatic heterocycles. The normalized spacial score (nSPS) is 24.5. The minimum atomic E-state index is 0.379. The molecule has 0 aliphatic carbocycles. The Morgan fingerprint density at radius 2 is 1.95 bits per heavy atom. The Bertz CT molecular complexity index is 462. The average Bonchev–Trinajstić information content (AvgIpc) is 2.94. The van der Waals surface area contributed by atoms with Crippen molar-refractivity contribution in [2.45, 2.75) is 36.8 Å². The van der Waals surface area contributed by atoms with Crippen LogP contribution >= 0.6 is 11.8 Å². The van der Waals surface area contributed by atoms with Crippen LogP contribution in [0.2, 0.25) is 0 Å². The van der Waals surface area contributed by atoms with E-state index in [1.54, 1.807) is 0 Å². The molecule has 122 valence electrons. The van der Waals surface area contributed by atoms with E-state index in [-0.39, 0.29) is 0 Å². The number of rotatable bonds is 5. The molecule has 0 radical (unpaired) electrons. The van der Waals surface area contributed by atoms with Crippen LogP contribution in [0.4, 0.5) is 0 Å². The van der Waals surface area contributed by atoms with E-state index >= 15 is 0 Å². The number of nitrogens with zero attached hydrogens (tertiary/aromatic N) is 2. The molecule has 2 saturated heterocycles. The topological polar surface area (TPSA) is 15.7 Å². The highest BCUT2D eigenvalue weighted by Gasteiger charge is 2.22. The lowest BCUT2D eigenvalue weighted by molar-refractivity contribution is 0.0308. The molecule has 0 N–H and O–H groups in total. The monoisotopic (exact) mass is 320 g/mol. The fourth-order valence-electron chi connectivity index (χ4n) is 3.51. The van der Waals surface area contributed by atoms with Crippen LogP contribution in [0.25, 0.3) is 0 Å². The number of hydrogen-bond donors (Lipinski definition) is 0. The number of ether oxygens (including phenoxy) is 1. The van der Waals surface area contributed by atoms with Gasteiger partial charge in [-0.15, -0.1) is 11.8 Å². The van der Waals surface area contributed by atoms with E-state index in [9.17, 15) is 0 Å². The van der Waals surface area contributed by atoms with Gasteiger partial charge < -0.3 is 9.64 Å². The van der Waals surface area contributed by atoms with E-state index < -0.39 is 0 Å². The first-order valence-corrected chi connectivity index (χ1v) is 9.75. The molecule has 2 fully saturated rings. The Kier molecular flexibility index (Phi) is 6.19. The Balaban J connectivity index is 1.57. The molecule has 3 nitrogen and oxygen atoms in total. The molecule has 2 aliphatic rings. The van der Waals surface area contributed by atoms with Crippen LogP contribution in [0.15, 0.2) is 29.2 Å². The van der Waals surface area contributed by atoms with Gasteiger partial charge in [-0.25, -0.2) is 0 Å². The van der Waals surface area contributed by atoms with Gasteiger partial charge in [0.2, 0.25) is 0 Å². The molecule has 0 amide bonds. The summed E-state index contributed by atoms with van der Waals surface area (Å²) in [7, 11) is 0. The van der Waals surface area contributed by atoms with Crippen molar-refractivity contribution in [3.63, 3.8) is 0 Å². The molecule has 1 atom stereocenters. The second kappa shape index (κ2) is 8.34. The minimum absolute atomic E-state index is 0.379. The van der Waals surface area contributed by atoms with Gasteiger partial charge in [-0.1, -0.05) is 12.1 Å². The van der Waals surface area contributed by atoms with Crippen molar-refractivity contribution < 1.29 is 4.74 Å². The smallest absolute Gasteiger partial charge is 0.0828 e. The Morgan fingerprint density at radius 1 is 1.14 bits per heavy atom. The molecule has 3 rings (SSSR count). The average molecular weight is 321 g/mol. The third-order valence-corrected chi connectivity index (χ3v) is 5.36. The zero-order chi connectivity index (χ0) is 15.2. The molecule has 0 aromatic heterocycles. The van der Waals surface area contributed by atoms with E-state index in [4.69, 9.17) is 4.74 Å². The summed E-state index contributed by atoms with van der Waals surface area (Å²) in [6, 6.07) is 8.94. The largest absolute Gasteiger partial charge is 0.376 e. The molecule has 0 saturated carbocycles. The predicted octanol–water partition coefficient (Wildman–Crippen LogP) is 3.10. The summed E-state index contributed by atoms with van der Waals surface area (Å²) in [5.74, 6) is 0. The van der Waals surface area contributed by atoms with E-state index in [2.05, 4.69) is 40.3 Å². The van der Waals surface area contributed by atoms with Crippen LogP contribution in [0.1, 0.15) is 24.8 Å². The second-order valence-electron chi connectivity index (χ2n) is 6.44. The van der Waals surface area contributed by atoms with Crippen molar-refractivity contribution >= 4 is 11.8 Å². The van der Waals surface area contributed by atoms with Crippen LogP contribution in [-0.4, -0.2) is 61.5 Å². The third kappa shape index (κ3) is 4.72. The Hall–Kier alpha value is -0.550. The molecule has 2 heterocycles. The van der Waals surface area contributed by atoms with Gasteiger partial charge in [0.25, 0.3) is 0 Å². The molecule has 1 aromatic rings. The zero-order valence-electron chi connectivity index (χ0n) is 13.7. The van der Waals surface area contributed by atoms with Crippen LogP contribution in [0.3, 0.4) is 0 Å². The SMILES string of the molecule is CSc1cccc(CN2CCCO[C@H](CN3CCCC3)C2)c1. The van der Waals surface area contributed by atoms with Gasteiger partial charge >= 0.3 is 0 Å². The minimum Gasteiger partial charge on any atom is -0.376 e. The fraction of sp³-hybridized carbons (Fsp3) is 0.667. The fourth-order valence-corrected chi connectivity index (χ4v) is 3.99. The predicted molar refractivity (Wildman–Crippen MR) is 93.5 cm³/mol. The lowest BCUT2D eigenvalue weighted by Gasteiger charge is -2.27. The van der Waals surface area contributed by atoms with Crippen molar-refractivity contribution in [2.75, 3.05) is 45.6 Å². The first-order chi connectivity index (χ1) is 10.8. The summed E-state index contributed by atoms with van der Waals surface area (Å²) in [6.45, 7) is 7.82. The van der Waals surface area contributed by atoms with Crippen LogP contribution in [-0.2, 0) is 11.3 Å². The van der Waals surface area contributed by atoms with Gasteiger partial charge in [0, 0.05) is 37.7 Å². The summed E-state index contributed by atoms with van der Waals surface area (Å²) >= 11 is 1.82. The number of benzene rings is 1.